The van der Waals surface area contributed by atoms with Crippen molar-refractivity contribution < 1.29 is 19.4 Å². The van der Waals surface area contributed by atoms with E-state index in [9.17, 15) is 14.7 Å². The van der Waals surface area contributed by atoms with E-state index in [1.165, 1.54) is 0 Å². The second-order valence-electron chi connectivity index (χ2n) is 4.94. The molecule has 0 aliphatic rings. The summed E-state index contributed by atoms with van der Waals surface area (Å²) in [7, 11) is 0. The molecular weight excluding hydrogens is 296 g/mol. The molecule has 2 aromatic rings. The number of nitrogens with one attached hydrogen (secondary N) is 2. The van der Waals surface area contributed by atoms with Crippen LogP contribution in [0.4, 0.5) is 5.69 Å². The fourth-order valence-electron chi connectivity index (χ4n) is 2.18. The summed E-state index contributed by atoms with van der Waals surface area (Å²) in [5.41, 5.74) is 0.480. The molecule has 122 valence electrons. The lowest BCUT2D eigenvalue weighted by Gasteiger charge is -2.10. The van der Waals surface area contributed by atoms with E-state index in [2.05, 4.69) is 10.6 Å². The second kappa shape index (κ2) is 8.14. The van der Waals surface area contributed by atoms with Gasteiger partial charge in [-0.15, -0.1) is 0 Å². The Morgan fingerprint density at radius 2 is 1.83 bits per heavy atom. The molecule has 2 amide bonds. The second-order valence-corrected chi connectivity index (χ2v) is 4.94. The highest BCUT2D eigenvalue weighted by atomic mass is 16.5. The van der Waals surface area contributed by atoms with Crippen LogP contribution in [-0.4, -0.2) is 36.7 Å². The quantitative estimate of drug-likeness (QED) is 0.562. The smallest absolute Gasteiger partial charge is 0.313 e. The van der Waals surface area contributed by atoms with Crippen LogP contribution in [0.2, 0.25) is 0 Å². The molecule has 0 spiro atoms. The van der Waals surface area contributed by atoms with Gasteiger partial charge in [-0.2, -0.15) is 0 Å². The van der Waals surface area contributed by atoms with E-state index < -0.39 is 11.8 Å². The number of anilines is 1. The van der Waals surface area contributed by atoms with Crippen molar-refractivity contribution in [2.24, 2.45) is 0 Å². The Morgan fingerprint density at radius 1 is 1.09 bits per heavy atom. The van der Waals surface area contributed by atoms with Gasteiger partial charge in [0.25, 0.3) is 0 Å². The molecule has 0 bridgehead atoms. The minimum absolute atomic E-state index is 0.124. The first-order chi connectivity index (χ1) is 11.1. The molecule has 0 fully saturated rings. The molecule has 2 aromatic carbocycles. The van der Waals surface area contributed by atoms with Crippen LogP contribution in [0.3, 0.4) is 0 Å². The molecule has 0 saturated carbocycles. The van der Waals surface area contributed by atoms with Crippen LogP contribution < -0.4 is 10.6 Å². The largest absolute Gasteiger partial charge is 0.507 e. The third kappa shape index (κ3) is 4.43. The number of hydrogen-bond acceptors (Lipinski definition) is 4. The number of phenolic OH excluding ortho intramolecular Hbond substituents is 1. The number of carbonyl (C=O) groups is 2. The number of hydrogen-bond donors (Lipinski definition) is 3. The van der Waals surface area contributed by atoms with Crippen LogP contribution >= 0.6 is 0 Å². The van der Waals surface area contributed by atoms with Crippen molar-refractivity contribution in [2.45, 2.75) is 13.3 Å². The average molecular weight is 316 g/mol. The van der Waals surface area contributed by atoms with Crippen LogP contribution in [0.5, 0.6) is 5.75 Å². The highest BCUT2D eigenvalue weighted by Gasteiger charge is 2.14. The van der Waals surface area contributed by atoms with E-state index in [0.717, 1.165) is 0 Å². The number of rotatable bonds is 6. The van der Waals surface area contributed by atoms with Gasteiger partial charge in [0.15, 0.2) is 0 Å². The van der Waals surface area contributed by atoms with Gasteiger partial charge in [0.1, 0.15) is 5.75 Å². The first-order valence-corrected chi connectivity index (χ1v) is 7.51. The van der Waals surface area contributed by atoms with Crippen LogP contribution in [0.15, 0.2) is 36.4 Å². The van der Waals surface area contributed by atoms with Crippen molar-refractivity contribution in [3.8, 4) is 5.75 Å². The Labute approximate surface area is 134 Å². The van der Waals surface area contributed by atoms with Crippen molar-refractivity contribution in [3.05, 3.63) is 36.4 Å². The zero-order chi connectivity index (χ0) is 16.7. The van der Waals surface area contributed by atoms with E-state index in [1.807, 2.05) is 6.92 Å². The molecule has 6 nitrogen and oxygen atoms in total. The molecule has 0 aliphatic heterocycles. The number of phenols is 1. The summed E-state index contributed by atoms with van der Waals surface area (Å²) in [6, 6.07) is 10.2. The number of amides is 2. The van der Waals surface area contributed by atoms with Crippen LogP contribution in [0.1, 0.15) is 13.3 Å². The molecule has 0 aliphatic carbocycles. The fraction of sp³-hybridized carbons (Fsp3) is 0.294. The van der Waals surface area contributed by atoms with E-state index in [4.69, 9.17) is 4.74 Å². The summed E-state index contributed by atoms with van der Waals surface area (Å²) >= 11 is 0. The van der Waals surface area contributed by atoms with Gasteiger partial charge in [-0.3, -0.25) is 9.59 Å². The van der Waals surface area contributed by atoms with Crippen molar-refractivity contribution >= 4 is 28.3 Å². The topological polar surface area (TPSA) is 87.7 Å². The Kier molecular flexibility index (Phi) is 5.94. The van der Waals surface area contributed by atoms with Gasteiger partial charge < -0.3 is 20.5 Å². The zero-order valence-electron chi connectivity index (χ0n) is 13.0. The molecule has 0 unspecified atom stereocenters. The maximum absolute atomic E-state index is 11.9. The SMILES string of the molecule is CCOCCCNC(=O)C(=O)Nc1cccc2c(O)cccc12. The van der Waals surface area contributed by atoms with Gasteiger partial charge >= 0.3 is 11.8 Å². The molecule has 0 heterocycles. The molecule has 2 rings (SSSR count). The van der Waals surface area contributed by atoms with Gasteiger partial charge in [0.2, 0.25) is 0 Å². The molecule has 0 atom stereocenters. The van der Waals surface area contributed by atoms with Gasteiger partial charge in [0, 0.05) is 36.2 Å². The highest BCUT2D eigenvalue weighted by Crippen LogP contribution is 2.29. The van der Waals surface area contributed by atoms with E-state index in [-0.39, 0.29) is 5.75 Å². The summed E-state index contributed by atoms with van der Waals surface area (Å²) in [6.07, 6.45) is 0.648. The van der Waals surface area contributed by atoms with E-state index >= 15 is 0 Å². The first kappa shape index (κ1) is 16.8. The number of benzene rings is 2. The monoisotopic (exact) mass is 316 g/mol. The van der Waals surface area contributed by atoms with E-state index in [1.54, 1.807) is 36.4 Å². The lowest BCUT2D eigenvalue weighted by Crippen LogP contribution is -2.36. The number of carbonyl (C=O) groups excluding carboxylic acids is 2. The maximum Gasteiger partial charge on any atom is 0.313 e. The number of ether oxygens (including phenoxy) is 1. The first-order valence-electron chi connectivity index (χ1n) is 7.51. The predicted octanol–water partition coefficient (Wildman–Crippen LogP) is 2.03. The Morgan fingerprint density at radius 3 is 2.61 bits per heavy atom. The van der Waals surface area contributed by atoms with Crippen molar-refractivity contribution in [1.82, 2.24) is 5.32 Å². The average Bonchev–Trinajstić information content (AvgIpc) is 2.55. The maximum atomic E-state index is 11.9. The van der Waals surface area contributed by atoms with E-state index in [0.29, 0.717) is 42.6 Å². The lowest BCUT2D eigenvalue weighted by molar-refractivity contribution is -0.136. The Balaban J connectivity index is 1.98. The number of aromatic hydroxyl groups is 1. The zero-order valence-corrected chi connectivity index (χ0v) is 13.0. The molecule has 23 heavy (non-hydrogen) atoms. The third-order valence-corrected chi connectivity index (χ3v) is 3.31. The molecule has 0 radical (unpaired) electrons. The van der Waals surface area contributed by atoms with Crippen molar-refractivity contribution in [3.63, 3.8) is 0 Å². The fourth-order valence-corrected chi connectivity index (χ4v) is 2.18. The van der Waals surface area contributed by atoms with Gasteiger partial charge in [-0.1, -0.05) is 24.3 Å². The number of fused-ring (bicyclic) bond motifs is 1. The van der Waals surface area contributed by atoms with Gasteiger partial charge in [-0.05, 0) is 25.5 Å². The summed E-state index contributed by atoms with van der Waals surface area (Å²) < 4.78 is 5.16. The molecule has 0 saturated heterocycles. The summed E-state index contributed by atoms with van der Waals surface area (Å²) in [6.45, 7) is 3.44. The Hall–Kier alpha value is -2.60. The van der Waals surface area contributed by atoms with Crippen LogP contribution in [-0.2, 0) is 14.3 Å². The summed E-state index contributed by atoms with van der Waals surface area (Å²) in [4.78, 5) is 23.7. The molecular formula is C17H20N2O4. The minimum atomic E-state index is -0.739. The third-order valence-electron chi connectivity index (χ3n) is 3.31. The molecule has 3 N–H and O–H groups in total. The van der Waals surface area contributed by atoms with Crippen LogP contribution in [0.25, 0.3) is 10.8 Å². The van der Waals surface area contributed by atoms with Gasteiger partial charge in [0.05, 0.1) is 0 Å². The minimum Gasteiger partial charge on any atom is -0.507 e. The highest BCUT2D eigenvalue weighted by molar-refractivity contribution is 6.40. The lowest BCUT2D eigenvalue weighted by atomic mass is 10.1. The standard InChI is InChI=1S/C17H20N2O4/c1-2-23-11-5-10-18-16(21)17(22)19-14-8-3-7-13-12(14)6-4-9-15(13)20/h3-4,6-9,20H,2,5,10-11H2,1H3,(H,18,21)(H,19,22). The van der Waals surface area contributed by atoms with Crippen molar-refractivity contribution in [2.75, 3.05) is 25.1 Å². The summed E-state index contributed by atoms with van der Waals surface area (Å²) in [5, 5.41) is 16.2. The normalized spacial score (nSPS) is 10.5. The summed E-state index contributed by atoms with van der Waals surface area (Å²) in [5.74, 6) is -1.31. The molecule has 6 heteroatoms. The molecule has 0 aromatic heterocycles. The predicted molar refractivity (Wildman–Crippen MR) is 88.4 cm³/mol. The van der Waals surface area contributed by atoms with Gasteiger partial charge in [-0.25, -0.2) is 0 Å². The van der Waals surface area contributed by atoms with Crippen LogP contribution in [0, 0.1) is 0 Å². The van der Waals surface area contributed by atoms with Crippen molar-refractivity contribution in [1.29, 1.82) is 0 Å². The Bertz CT molecular complexity index is 700.